The molecule has 0 unspecified atom stereocenters. The first-order chi connectivity index (χ1) is 13.6. The fourth-order valence-electron chi connectivity index (χ4n) is 2.84. The molecule has 0 aliphatic rings. The zero-order valence-corrected chi connectivity index (χ0v) is 15.4. The molecule has 1 aromatic heterocycles. The lowest BCUT2D eigenvalue weighted by atomic mass is 10.0. The van der Waals surface area contributed by atoms with Crippen molar-refractivity contribution in [3.63, 3.8) is 0 Å². The second-order valence-corrected chi connectivity index (χ2v) is 6.13. The molecule has 2 N–H and O–H groups in total. The van der Waals surface area contributed by atoms with Crippen LogP contribution in [0.15, 0.2) is 67.0 Å². The first kappa shape index (κ1) is 19.2. The number of aliphatic carboxylic acids is 1. The number of rotatable bonds is 8. The van der Waals surface area contributed by atoms with Crippen LogP contribution < -0.4 is 10.1 Å². The van der Waals surface area contributed by atoms with Gasteiger partial charge in [0.25, 0.3) is 5.91 Å². The van der Waals surface area contributed by atoms with E-state index in [-0.39, 0.29) is 12.3 Å². The molecule has 0 spiro atoms. The molecule has 0 saturated heterocycles. The number of aromatic nitrogens is 2. The van der Waals surface area contributed by atoms with Gasteiger partial charge in [-0.15, -0.1) is 0 Å². The Morgan fingerprint density at radius 3 is 2.61 bits per heavy atom. The second kappa shape index (κ2) is 8.85. The van der Waals surface area contributed by atoms with E-state index in [1.54, 1.807) is 65.6 Å². The maximum absolute atomic E-state index is 12.7. The summed E-state index contributed by atoms with van der Waals surface area (Å²) in [5, 5.41) is 16.2. The molecule has 1 amide bonds. The van der Waals surface area contributed by atoms with Gasteiger partial charge in [0.1, 0.15) is 5.75 Å². The first-order valence-electron chi connectivity index (χ1n) is 8.92. The van der Waals surface area contributed by atoms with Crippen LogP contribution in [-0.2, 0) is 4.79 Å². The molecule has 1 atom stereocenters. The fourth-order valence-corrected chi connectivity index (χ4v) is 2.84. The molecule has 7 heteroatoms. The molecule has 0 aliphatic carbocycles. The van der Waals surface area contributed by atoms with Gasteiger partial charge in [-0.1, -0.05) is 18.2 Å². The first-order valence-corrected chi connectivity index (χ1v) is 8.92. The van der Waals surface area contributed by atoms with Crippen molar-refractivity contribution in [2.45, 2.75) is 19.4 Å². The van der Waals surface area contributed by atoms with Crippen LogP contribution in [0.1, 0.15) is 35.3 Å². The number of benzene rings is 2. The summed E-state index contributed by atoms with van der Waals surface area (Å²) in [6, 6.07) is 15.2. The van der Waals surface area contributed by atoms with E-state index in [9.17, 15) is 14.7 Å². The minimum Gasteiger partial charge on any atom is -0.494 e. The number of carboxylic acid groups (broad SMARTS) is 1. The minimum atomic E-state index is -0.996. The van der Waals surface area contributed by atoms with Crippen LogP contribution in [0.25, 0.3) is 5.69 Å². The van der Waals surface area contributed by atoms with Crippen molar-refractivity contribution in [3.05, 3.63) is 78.1 Å². The van der Waals surface area contributed by atoms with Gasteiger partial charge in [0.15, 0.2) is 0 Å². The molecule has 3 rings (SSSR count). The summed E-state index contributed by atoms with van der Waals surface area (Å²) in [5.74, 6) is -0.655. The molecule has 0 aliphatic heterocycles. The molecule has 0 bridgehead atoms. The molecular formula is C21H21N3O4. The predicted octanol–water partition coefficient (Wildman–Crippen LogP) is 3.22. The van der Waals surface area contributed by atoms with E-state index in [0.717, 1.165) is 5.69 Å². The Hall–Kier alpha value is -3.61. The Morgan fingerprint density at radius 2 is 1.96 bits per heavy atom. The van der Waals surface area contributed by atoms with E-state index < -0.39 is 12.0 Å². The van der Waals surface area contributed by atoms with Gasteiger partial charge in [0, 0.05) is 18.0 Å². The maximum Gasteiger partial charge on any atom is 0.305 e. The summed E-state index contributed by atoms with van der Waals surface area (Å²) < 4.78 is 7.06. The number of hydrogen-bond donors (Lipinski definition) is 2. The van der Waals surface area contributed by atoms with Crippen LogP contribution in [0.4, 0.5) is 0 Å². The Labute approximate surface area is 162 Å². The molecule has 3 aromatic rings. The number of carbonyl (C=O) groups is 2. The third-order valence-electron chi connectivity index (χ3n) is 4.15. The van der Waals surface area contributed by atoms with Crippen molar-refractivity contribution in [3.8, 4) is 11.4 Å². The van der Waals surface area contributed by atoms with Crippen molar-refractivity contribution >= 4 is 11.9 Å². The second-order valence-electron chi connectivity index (χ2n) is 6.13. The zero-order valence-electron chi connectivity index (χ0n) is 15.4. The number of ether oxygens (including phenoxy) is 1. The standard InChI is InChI=1S/C21H21N3O4/c1-2-28-18-9-7-15(8-10-18)19(14-20(25)26)23-21(27)16-5-3-6-17(13-16)24-12-4-11-22-24/h3-13,19H,2,14H2,1H3,(H,23,27)(H,25,26)/t19-/m1/s1. The summed E-state index contributed by atoms with van der Waals surface area (Å²) in [6.07, 6.45) is 3.21. The van der Waals surface area contributed by atoms with Gasteiger partial charge in [0.05, 0.1) is 24.8 Å². The lowest BCUT2D eigenvalue weighted by Crippen LogP contribution is -2.30. The van der Waals surface area contributed by atoms with Crippen LogP contribution in [0.3, 0.4) is 0 Å². The van der Waals surface area contributed by atoms with Crippen molar-refractivity contribution < 1.29 is 19.4 Å². The highest BCUT2D eigenvalue weighted by molar-refractivity contribution is 5.95. The normalized spacial score (nSPS) is 11.6. The predicted molar refractivity (Wildman–Crippen MR) is 104 cm³/mol. The average Bonchev–Trinajstić information content (AvgIpc) is 3.23. The highest BCUT2D eigenvalue weighted by Gasteiger charge is 2.19. The van der Waals surface area contributed by atoms with Crippen molar-refractivity contribution in [1.29, 1.82) is 0 Å². The third-order valence-corrected chi connectivity index (χ3v) is 4.15. The van der Waals surface area contributed by atoms with Gasteiger partial charge in [-0.05, 0) is 48.9 Å². The van der Waals surface area contributed by atoms with E-state index in [0.29, 0.717) is 23.5 Å². The minimum absolute atomic E-state index is 0.224. The lowest BCUT2D eigenvalue weighted by molar-refractivity contribution is -0.137. The molecule has 7 nitrogen and oxygen atoms in total. The molecule has 2 aromatic carbocycles. The summed E-state index contributed by atoms with van der Waals surface area (Å²) in [6.45, 7) is 2.43. The number of nitrogens with one attached hydrogen (secondary N) is 1. The van der Waals surface area contributed by atoms with Gasteiger partial charge in [-0.3, -0.25) is 9.59 Å². The number of hydrogen-bond acceptors (Lipinski definition) is 4. The highest BCUT2D eigenvalue weighted by atomic mass is 16.5. The molecule has 0 radical (unpaired) electrons. The summed E-state index contributed by atoms with van der Waals surface area (Å²) in [5.41, 5.74) is 1.87. The molecule has 28 heavy (non-hydrogen) atoms. The molecule has 144 valence electrons. The molecule has 0 fully saturated rings. The number of carbonyl (C=O) groups excluding carboxylic acids is 1. The molecule has 1 heterocycles. The average molecular weight is 379 g/mol. The SMILES string of the molecule is CCOc1ccc([C@@H](CC(=O)O)NC(=O)c2cccc(-n3cccn3)c2)cc1. The summed E-state index contributed by atoms with van der Waals surface area (Å²) in [4.78, 5) is 24.0. The fraction of sp³-hybridized carbons (Fsp3) is 0.190. The Balaban J connectivity index is 1.79. The van der Waals surface area contributed by atoms with E-state index in [2.05, 4.69) is 10.4 Å². The van der Waals surface area contributed by atoms with E-state index in [4.69, 9.17) is 4.74 Å². The smallest absolute Gasteiger partial charge is 0.305 e. The van der Waals surface area contributed by atoms with Gasteiger partial charge >= 0.3 is 5.97 Å². The Bertz CT molecular complexity index is 937. The van der Waals surface area contributed by atoms with Crippen molar-refractivity contribution in [2.75, 3.05) is 6.61 Å². The van der Waals surface area contributed by atoms with Crippen LogP contribution in [-0.4, -0.2) is 33.4 Å². The molecular weight excluding hydrogens is 358 g/mol. The third kappa shape index (κ3) is 4.76. The van der Waals surface area contributed by atoms with Gasteiger partial charge in [0.2, 0.25) is 0 Å². The van der Waals surface area contributed by atoms with Crippen molar-refractivity contribution in [2.24, 2.45) is 0 Å². The number of nitrogens with zero attached hydrogens (tertiary/aromatic N) is 2. The monoisotopic (exact) mass is 379 g/mol. The number of carboxylic acids is 1. The van der Waals surface area contributed by atoms with E-state index in [1.807, 2.05) is 13.0 Å². The largest absolute Gasteiger partial charge is 0.494 e. The lowest BCUT2D eigenvalue weighted by Gasteiger charge is -2.18. The van der Waals surface area contributed by atoms with Crippen LogP contribution in [0.2, 0.25) is 0 Å². The van der Waals surface area contributed by atoms with Crippen LogP contribution >= 0.6 is 0 Å². The summed E-state index contributed by atoms with van der Waals surface area (Å²) >= 11 is 0. The number of amides is 1. The van der Waals surface area contributed by atoms with Crippen LogP contribution in [0, 0.1) is 0 Å². The Kier molecular flexibility index (Phi) is 6.06. The molecule has 0 saturated carbocycles. The summed E-state index contributed by atoms with van der Waals surface area (Å²) in [7, 11) is 0. The highest BCUT2D eigenvalue weighted by Crippen LogP contribution is 2.21. The van der Waals surface area contributed by atoms with Crippen LogP contribution in [0.5, 0.6) is 5.75 Å². The van der Waals surface area contributed by atoms with E-state index >= 15 is 0 Å². The van der Waals surface area contributed by atoms with Gasteiger partial charge in [-0.2, -0.15) is 5.10 Å². The quantitative estimate of drug-likeness (QED) is 0.627. The zero-order chi connectivity index (χ0) is 19.9. The Morgan fingerprint density at radius 1 is 1.18 bits per heavy atom. The van der Waals surface area contributed by atoms with Gasteiger partial charge < -0.3 is 15.2 Å². The van der Waals surface area contributed by atoms with Gasteiger partial charge in [-0.25, -0.2) is 4.68 Å². The van der Waals surface area contributed by atoms with E-state index in [1.165, 1.54) is 0 Å². The maximum atomic E-state index is 12.7. The van der Waals surface area contributed by atoms with Crippen molar-refractivity contribution in [1.82, 2.24) is 15.1 Å². The topological polar surface area (TPSA) is 93.5 Å².